The van der Waals surface area contributed by atoms with Crippen LogP contribution < -0.4 is 16.0 Å². The van der Waals surface area contributed by atoms with Gasteiger partial charge >= 0.3 is 6.09 Å². The van der Waals surface area contributed by atoms with Gasteiger partial charge in [0.2, 0.25) is 0 Å². The summed E-state index contributed by atoms with van der Waals surface area (Å²) in [6.45, 7) is 3.55. The molecule has 1 aromatic rings. The third-order valence-corrected chi connectivity index (χ3v) is 4.13. The highest BCUT2D eigenvalue weighted by molar-refractivity contribution is 6.05. The molecule has 2 rings (SSSR count). The number of ether oxygens (including phenoxy) is 2. The Balaban J connectivity index is 1.98. The molecule has 1 heterocycles. The standard InChI is InChI=1S/C18H29N5O3/c1-12(22-13-5-6-13)16(19)15-8-7-14(11-25-2)23-17(15)20-9-4-10-21-18(24)26-3/h7-8,12-13,19,22H,4-6,9-11H2,1-3H3,(H,20,23)(H,21,24). The molecular formula is C18H29N5O3. The van der Waals surface area contributed by atoms with E-state index >= 15 is 0 Å². The highest BCUT2D eigenvalue weighted by atomic mass is 16.5. The fourth-order valence-electron chi connectivity index (χ4n) is 2.56. The zero-order valence-corrected chi connectivity index (χ0v) is 15.7. The van der Waals surface area contributed by atoms with Crippen LogP contribution >= 0.6 is 0 Å². The minimum absolute atomic E-state index is 0.0286. The Morgan fingerprint density at radius 3 is 2.77 bits per heavy atom. The van der Waals surface area contributed by atoms with E-state index < -0.39 is 6.09 Å². The molecule has 4 N–H and O–H groups in total. The van der Waals surface area contributed by atoms with Crippen LogP contribution in [0.2, 0.25) is 0 Å². The number of nitrogens with zero attached hydrogens (tertiary/aromatic N) is 1. The Labute approximate surface area is 154 Å². The summed E-state index contributed by atoms with van der Waals surface area (Å²) in [5.74, 6) is 0.673. The van der Waals surface area contributed by atoms with Gasteiger partial charge in [0, 0.05) is 37.8 Å². The minimum atomic E-state index is -0.437. The molecule has 1 amide bonds. The molecule has 0 saturated heterocycles. The maximum atomic E-state index is 11.1. The maximum absolute atomic E-state index is 11.1. The van der Waals surface area contributed by atoms with Gasteiger partial charge in [-0.15, -0.1) is 0 Å². The number of nitrogens with one attached hydrogen (secondary N) is 4. The van der Waals surface area contributed by atoms with Crippen LogP contribution in [0.1, 0.15) is 37.4 Å². The SMILES string of the molecule is COCc1ccc(C(=N)C(C)NC2CC2)c(NCCCNC(=O)OC)n1. The second-order valence-corrected chi connectivity index (χ2v) is 6.41. The van der Waals surface area contributed by atoms with E-state index in [2.05, 4.69) is 25.7 Å². The van der Waals surface area contributed by atoms with E-state index in [-0.39, 0.29) is 6.04 Å². The molecule has 0 aliphatic heterocycles. The van der Waals surface area contributed by atoms with Crippen LogP contribution in [-0.4, -0.2) is 56.2 Å². The fraction of sp³-hybridized carbons (Fsp3) is 0.611. The van der Waals surface area contributed by atoms with Gasteiger partial charge in [-0.3, -0.25) is 0 Å². The number of carbonyl (C=O) groups excluding carboxylic acids is 1. The smallest absolute Gasteiger partial charge is 0.406 e. The molecule has 26 heavy (non-hydrogen) atoms. The minimum Gasteiger partial charge on any atom is -0.453 e. The number of alkyl carbamates (subject to hydrolysis) is 1. The predicted molar refractivity (Wildman–Crippen MR) is 101 cm³/mol. The Hall–Kier alpha value is -2.19. The lowest BCUT2D eigenvalue weighted by molar-refractivity contribution is 0.171. The predicted octanol–water partition coefficient (Wildman–Crippen LogP) is 1.89. The lowest BCUT2D eigenvalue weighted by Crippen LogP contribution is -2.36. The van der Waals surface area contributed by atoms with E-state index in [4.69, 9.17) is 10.1 Å². The van der Waals surface area contributed by atoms with E-state index in [0.717, 1.165) is 11.3 Å². The Bertz CT molecular complexity index is 619. The van der Waals surface area contributed by atoms with Crippen LogP contribution in [0.4, 0.5) is 10.6 Å². The van der Waals surface area contributed by atoms with Crippen LogP contribution in [0, 0.1) is 5.41 Å². The molecule has 1 aliphatic rings. The average Bonchev–Trinajstić information content (AvgIpc) is 3.45. The molecule has 1 unspecified atom stereocenters. The number of hydrogen-bond acceptors (Lipinski definition) is 7. The van der Waals surface area contributed by atoms with Crippen LogP contribution in [0.5, 0.6) is 0 Å². The summed E-state index contributed by atoms with van der Waals surface area (Å²) >= 11 is 0. The average molecular weight is 363 g/mol. The molecule has 1 atom stereocenters. The Morgan fingerprint density at radius 2 is 2.12 bits per heavy atom. The maximum Gasteiger partial charge on any atom is 0.406 e. The summed E-state index contributed by atoms with van der Waals surface area (Å²) in [5, 5.41) is 17.9. The monoisotopic (exact) mass is 363 g/mol. The quantitative estimate of drug-likeness (QED) is 0.353. The second-order valence-electron chi connectivity index (χ2n) is 6.41. The summed E-state index contributed by atoms with van der Waals surface area (Å²) < 4.78 is 9.70. The lowest BCUT2D eigenvalue weighted by atomic mass is 10.0. The highest BCUT2D eigenvalue weighted by Gasteiger charge is 2.25. The van der Waals surface area contributed by atoms with E-state index in [9.17, 15) is 4.79 Å². The van der Waals surface area contributed by atoms with Crippen molar-refractivity contribution in [1.29, 1.82) is 5.41 Å². The first kappa shape index (κ1) is 20.1. The van der Waals surface area contributed by atoms with Crippen molar-refractivity contribution in [2.45, 2.75) is 44.9 Å². The Kier molecular flexibility index (Phi) is 7.80. The summed E-state index contributed by atoms with van der Waals surface area (Å²) in [4.78, 5) is 15.7. The number of rotatable bonds is 11. The third-order valence-electron chi connectivity index (χ3n) is 4.13. The zero-order valence-electron chi connectivity index (χ0n) is 15.7. The molecule has 0 radical (unpaired) electrons. The van der Waals surface area contributed by atoms with Crippen LogP contribution in [0.15, 0.2) is 12.1 Å². The number of methoxy groups -OCH3 is 2. The lowest BCUT2D eigenvalue weighted by Gasteiger charge is -2.18. The van der Waals surface area contributed by atoms with Crippen molar-refractivity contribution in [2.75, 3.05) is 32.6 Å². The molecule has 1 fully saturated rings. The molecule has 144 valence electrons. The van der Waals surface area contributed by atoms with Gasteiger partial charge in [0.05, 0.1) is 25.1 Å². The summed E-state index contributed by atoms with van der Waals surface area (Å²) in [6.07, 6.45) is 2.64. The number of hydrogen-bond donors (Lipinski definition) is 4. The highest BCUT2D eigenvalue weighted by Crippen LogP contribution is 2.22. The van der Waals surface area contributed by atoms with Gasteiger partial charge in [0.1, 0.15) is 5.82 Å². The van der Waals surface area contributed by atoms with Crippen molar-refractivity contribution >= 4 is 17.6 Å². The molecular weight excluding hydrogens is 334 g/mol. The van der Waals surface area contributed by atoms with Crippen molar-refractivity contribution in [1.82, 2.24) is 15.6 Å². The van der Waals surface area contributed by atoms with Gasteiger partial charge in [-0.1, -0.05) is 0 Å². The number of carbonyl (C=O) groups is 1. The third kappa shape index (κ3) is 6.27. The van der Waals surface area contributed by atoms with Gasteiger partial charge < -0.3 is 30.8 Å². The summed E-state index contributed by atoms with van der Waals surface area (Å²) in [7, 11) is 2.97. The van der Waals surface area contributed by atoms with Gasteiger partial charge in [0.15, 0.2) is 0 Å². The van der Waals surface area contributed by atoms with Gasteiger partial charge in [-0.25, -0.2) is 9.78 Å². The van der Waals surface area contributed by atoms with Crippen molar-refractivity contribution < 1.29 is 14.3 Å². The van der Waals surface area contributed by atoms with Gasteiger partial charge in [0.25, 0.3) is 0 Å². The molecule has 0 aromatic carbocycles. The number of anilines is 1. The fourth-order valence-corrected chi connectivity index (χ4v) is 2.56. The molecule has 8 nitrogen and oxygen atoms in total. The van der Waals surface area contributed by atoms with Crippen LogP contribution in [0.25, 0.3) is 0 Å². The molecule has 0 spiro atoms. The van der Waals surface area contributed by atoms with Gasteiger partial charge in [-0.05, 0) is 38.3 Å². The van der Waals surface area contributed by atoms with E-state index in [1.807, 2.05) is 19.1 Å². The molecule has 1 saturated carbocycles. The summed E-state index contributed by atoms with van der Waals surface area (Å²) in [6, 6.07) is 4.32. The zero-order chi connectivity index (χ0) is 18.9. The first-order valence-corrected chi connectivity index (χ1v) is 8.94. The van der Waals surface area contributed by atoms with E-state index in [1.165, 1.54) is 20.0 Å². The van der Waals surface area contributed by atoms with Crippen molar-refractivity contribution in [3.63, 3.8) is 0 Å². The normalized spacial score (nSPS) is 14.6. The molecule has 8 heteroatoms. The number of aromatic nitrogens is 1. The molecule has 1 aliphatic carbocycles. The topological polar surface area (TPSA) is 108 Å². The van der Waals surface area contributed by atoms with Crippen LogP contribution in [-0.2, 0) is 16.1 Å². The number of amides is 1. The molecule has 1 aromatic heterocycles. The van der Waals surface area contributed by atoms with Crippen molar-refractivity contribution in [3.05, 3.63) is 23.4 Å². The number of pyridine rings is 1. The van der Waals surface area contributed by atoms with Crippen LogP contribution in [0.3, 0.4) is 0 Å². The van der Waals surface area contributed by atoms with E-state index in [1.54, 1.807) is 7.11 Å². The van der Waals surface area contributed by atoms with Crippen molar-refractivity contribution in [3.8, 4) is 0 Å². The largest absolute Gasteiger partial charge is 0.453 e. The molecule has 0 bridgehead atoms. The van der Waals surface area contributed by atoms with Crippen molar-refractivity contribution in [2.24, 2.45) is 0 Å². The summed E-state index contributed by atoms with van der Waals surface area (Å²) in [5.41, 5.74) is 2.11. The Morgan fingerprint density at radius 1 is 1.35 bits per heavy atom. The first-order chi connectivity index (χ1) is 12.5. The van der Waals surface area contributed by atoms with E-state index in [0.29, 0.717) is 43.7 Å². The first-order valence-electron chi connectivity index (χ1n) is 8.94. The van der Waals surface area contributed by atoms with Gasteiger partial charge in [-0.2, -0.15) is 0 Å². The second kappa shape index (κ2) is 10.1.